The summed E-state index contributed by atoms with van der Waals surface area (Å²) < 4.78 is 1.78. The molecular formula is C22H28N4O2S. The summed E-state index contributed by atoms with van der Waals surface area (Å²) in [4.78, 5) is 34.3. The molecule has 0 radical (unpaired) electrons. The fraction of sp³-hybridized carbons (Fsp3) is 0.409. The van der Waals surface area contributed by atoms with Crippen LogP contribution in [-0.4, -0.2) is 40.0 Å². The molecule has 6 nitrogen and oxygen atoms in total. The molecule has 1 amide bonds. The van der Waals surface area contributed by atoms with Crippen LogP contribution in [0.4, 0.5) is 5.69 Å². The van der Waals surface area contributed by atoms with Crippen LogP contribution in [0.2, 0.25) is 0 Å². The minimum absolute atomic E-state index is 0.0495. The first-order valence-corrected chi connectivity index (χ1v) is 10.9. The number of hydrogen-bond donors (Lipinski definition) is 1. The summed E-state index contributed by atoms with van der Waals surface area (Å²) in [6, 6.07) is 9.33. The first-order chi connectivity index (χ1) is 14.0. The van der Waals surface area contributed by atoms with Gasteiger partial charge < -0.3 is 10.2 Å². The van der Waals surface area contributed by atoms with Gasteiger partial charge in [0.05, 0.1) is 10.3 Å². The third-order valence-corrected chi connectivity index (χ3v) is 6.40. The van der Waals surface area contributed by atoms with Gasteiger partial charge in [0.2, 0.25) is 0 Å². The van der Waals surface area contributed by atoms with Gasteiger partial charge in [0.15, 0.2) is 0 Å². The summed E-state index contributed by atoms with van der Waals surface area (Å²) in [5, 5.41) is 3.47. The van der Waals surface area contributed by atoms with Crippen molar-refractivity contribution in [3.05, 3.63) is 57.0 Å². The first-order valence-electron chi connectivity index (χ1n) is 10.1. The van der Waals surface area contributed by atoms with Crippen molar-refractivity contribution >= 4 is 33.1 Å². The van der Waals surface area contributed by atoms with Gasteiger partial charge in [-0.1, -0.05) is 39.0 Å². The number of hydrogen-bond acceptors (Lipinski definition) is 5. The van der Waals surface area contributed by atoms with Gasteiger partial charge in [-0.15, -0.1) is 11.3 Å². The number of aryl methyl sites for hydroxylation is 2. The Bertz CT molecular complexity index is 1050. The molecular weight excluding hydrogens is 384 g/mol. The number of benzene rings is 1. The number of carbonyl (C=O) groups excluding carboxylic acids is 1. The number of nitrogens with zero attached hydrogens (tertiary/aromatic N) is 3. The van der Waals surface area contributed by atoms with Crippen LogP contribution in [0.25, 0.3) is 10.2 Å². The summed E-state index contributed by atoms with van der Waals surface area (Å²) in [5.41, 5.74) is 1.38. The second-order valence-corrected chi connectivity index (χ2v) is 7.92. The standard InChI is InChI=1S/C22H28N4O2S/c1-5-17-24-21-18(22(28)26(17)14-13-25(6-2)7-3)15(4)19(29-21)20(27)23-16-11-9-8-10-12-16/h8-12H,5-7,13-14H2,1-4H3,(H,23,27). The van der Waals surface area contributed by atoms with E-state index in [-0.39, 0.29) is 11.5 Å². The number of anilines is 1. The van der Waals surface area contributed by atoms with E-state index in [4.69, 9.17) is 4.98 Å². The van der Waals surface area contributed by atoms with Crippen molar-refractivity contribution < 1.29 is 4.79 Å². The lowest BCUT2D eigenvalue weighted by Gasteiger charge is -2.19. The maximum absolute atomic E-state index is 13.3. The Kier molecular flexibility index (Phi) is 6.82. The highest BCUT2D eigenvalue weighted by Gasteiger charge is 2.21. The Labute approximate surface area is 175 Å². The number of amides is 1. The zero-order valence-corrected chi connectivity index (χ0v) is 18.3. The van der Waals surface area contributed by atoms with Crippen LogP contribution in [-0.2, 0) is 13.0 Å². The molecule has 1 aromatic carbocycles. The quantitative estimate of drug-likeness (QED) is 0.609. The minimum Gasteiger partial charge on any atom is -0.321 e. The molecule has 29 heavy (non-hydrogen) atoms. The number of rotatable bonds is 8. The first kappa shape index (κ1) is 21.2. The molecule has 2 heterocycles. The number of nitrogens with one attached hydrogen (secondary N) is 1. The molecule has 0 unspecified atom stereocenters. The molecule has 1 N–H and O–H groups in total. The van der Waals surface area contributed by atoms with Crippen LogP contribution in [0.1, 0.15) is 41.8 Å². The molecule has 0 saturated carbocycles. The molecule has 7 heteroatoms. The van der Waals surface area contributed by atoms with Crippen LogP contribution >= 0.6 is 11.3 Å². The largest absolute Gasteiger partial charge is 0.321 e. The molecule has 0 spiro atoms. The Morgan fingerprint density at radius 2 is 1.86 bits per heavy atom. The van der Waals surface area contributed by atoms with Crippen molar-refractivity contribution in [3.63, 3.8) is 0 Å². The molecule has 0 saturated heterocycles. The van der Waals surface area contributed by atoms with E-state index in [0.29, 0.717) is 33.6 Å². The summed E-state index contributed by atoms with van der Waals surface area (Å²) in [6.45, 7) is 11.4. The van der Waals surface area contributed by atoms with Gasteiger partial charge in [0, 0.05) is 25.2 Å². The van der Waals surface area contributed by atoms with Crippen LogP contribution in [0, 0.1) is 6.92 Å². The van der Waals surface area contributed by atoms with Crippen molar-refractivity contribution in [2.45, 2.75) is 40.7 Å². The van der Waals surface area contributed by atoms with Crippen LogP contribution in [0.5, 0.6) is 0 Å². The Morgan fingerprint density at radius 3 is 2.48 bits per heavy atom. The van der Waals surface area contributed by atoms with Crippen molar-refractivity contribution in [2.24, 2.45) is 0 Å². The fourth-order valence-corrected chi connectivity index (χ4v) is 4.55. The van der Waals surface area contributed by atoms with Gasteiger partial charge in [0.1, 0.15) is 10.7 Å². The van der Waals surface area contributed by atoms with E-state index in [2.05, 4.69) is 24.1 Å². The van der Waals surface area contributed by atoms with E-state index in [1.807, 2.05) is 44.2 Å². The van der Waals surface area contributed by atoms with Crippen LogP contribution < -0.4 is 10.9 Å². The molecule has 2 aromatic heterocycles. The average Bonchev–Trinajstić information content (AvgIpc) is 3.07. The number of likely N-dealkylation sites (N-methyl/N-ethyl adjacent to an activating group) is 1. The van der Waals surface area contributed by atoms with Gasteiger partial charge in [-0.2, -0.15) is 0 Å². The van der Waals surface area contributed by atoms with E-state index in [1.54, 1.807) is 4.57 Å². The van der Waals surface area contributed by atoms with Gasteiger partial charge in [-0.25, -0.2) is 4.98 Å². The summed E-state index contributed by atoms with van der Waals surface area (Å²) >= 11 is 1.29. The van der Waals surface area contributed by atoms with Crippen molar-refractivity contribution in [1.82, 2.24) is 14.5 Å². The predicted octanol–water partition coefficient (Wildman–Crippen LogP) is 3.92. The highest BCUT2D eigenvalue weighted by Crippen LogP contribution is 2.28. The van der Waals surface area contributed by atoms with Crippen LogP contribution in [0.15, 0.2) is 35.1 Å². The third kappa shape index (κ3) is 4.41. The predicted molar refractivity (Wildman–Crippen MR) is 120 cm³/mol. The molecule has 154 valence electrons. The molecule has 0 atom stereocenters. The second kappa shape index (κ2) is 9.33. The van der Waals surface area contributed by atoms with E-state index in [1.165, 1.54) is 11.3 Å². The number of thiophene rings is 1. The zero-order chi connectivity index (χ0) is 21.0. The van der Waals surface area contributed by atoms with Gasteiger partial charge in [-0.3, -0.25) is 14.2 Å². The maximum Gasteiger partial charge on any atom is 0.266 e. The summed E-state index contributed by atoms with van der Waals surface area (Å²) in [5.74, 6) is 0.565. The molecule has 0 bridgehead atoms. The van der Waals surface area contributed by atoms with Crippen molar-refractivity contribution in [1.29, 1.82) is 0 Å². The second-order valence-electron chi connectivity index (χ2n) is 6.92. The fourth-order valence-electron chi connectivity index (χ4n) is 3.47. The lowest BCUT2D eigenvalue weighted by molar-refractivity contribution is 0.103. The van der Waals surface area contributed by atoms with E-state index in [9.17, 15) is 9.59 Å². The van der Waals surface area contributed by atoms with E-state index < -0.39 is 0 Å². The molecule has 3 rings (SSSR count). The highest BCUT2D eigenvalue weighted by atomic mass is 32.1. The molecule has 0 aliphatic heterocycles. The molecule has 3 aromatic rings. The van der Waals surface area contributed by atoms with E-state index >= 15 is 0 Å². The Balaban J connectivity index is 1.99. The monoisotopic (exact) mass is 412 g/mol. The third-order valence-electron chi connectivity index (χ3n) is 5.22. The van der Waals surface area contributed by atoms with Gasteiger partial charge in [0.25, 0.3) is 11.5 Å². The molecule has 0 fully saturated rings. The maximum atomic E-state index is 13.3. The molecule has 0 aliphatic rings. The normalized spacial score (nSPS) is 11.3. The number of para-hydroxylation sites is 1. The van der Waals surface area contributed by atoms with Gasteiger partial charge in [-0.05, 0) is 37.7 Å². The molecule has 0 aliphatic carbocycles. The van der Waals surface area contributed by atoms with Gasteiger partial charge >= 0.3 is 0 Å². The topological polar surface area (TPSA) is 67.2 Å². The number of carbonyl (C=O) groups is 1. The minimum atomic E-state index is -0.205. The lowest BCUT2D eigenvalue weighted by Crippen LogP contribution is -2.33. The SMILES string of the molecule is CCc1nc2sc(C(=O)Nc3ccccc3)c(C)c2c(=O)n1CCN(CC)CC. The van der Waals surface area contributed by atoms with Crippen molar-refractivity contribution in [3.8, 4) is 0 Å². The Morgan fingerprint density at radius 1 is 1.17 bits per heavy atom. The Hall–Kier alpha value is -2.51. The van der Waals surface area contributed by atoms with Crippen LogP contribution in [0.3, 0.4) is 0 Å². The van der Waals surface area contributed by atoms with Crippen molar-refractivity contribution in [2.75, 3.05) is 25.0 Å². The number of fused-ring (bicyclic) bond motifs is 1. The zero-order valence-electron chi connectivity index (χ0n) is 17.5. The lowest BCUT2D eigenvalue weighted by atomic mass is 10.2. The highest BCUT2D eigenvalue weighted by molar-refractivity contribution is 7.20. The summed E-state index contributed by atoms with van der Waals surface area (Å²) in [7, 11) is 0. The van der Waals surface area contributed by atoms with E-state index in [0.717, 1.165) is 31.1 Å². The summed E-state index contributed by atoms with van der Waals surface area (Å²) in [6.07, 6.45) is 0.673. The smallest absolute Gasteiger partial charge is 0.266 e. The average molecular weight is 413 g/mol. The number of aromatic nitrogens is 2.